The third-order valence-corrected chi connectivity index (χ3v) is 1.97. The summed E-state index contributed by atoms with van der Waals surface area (Å²) in [5.41, 5.74) is 2.63. The zero-order valence-electron chi connectivity index (χ0n) is 7.20. The van der Waals surface area contributed by atoms with Gasteiger partial charge in [-0.1, -0.05) is 0 Å². The summed E-state index contributed by atoms with van der Waals surface area (Å²) in [7, 11) is 1.62. The van der Waals surface area contributed by atoms with Gasteiger partial charge in [-0.05, 0) is 23.8 Å². The first-order valence-corrected chi connectivity index (χ1v) is 3.99. The maximum absolute atomic E-state index is 11.2. The number of rotatable bonds is 1. The van der Waals surface area contributed by atoms with E-state index in [1.165, 1.54) is 0 Å². The van der Waals surface area contributed by atoms with E-state index in [1.54, 1.807) is 25.6 Å². The van der Waals surface area contributed by atoms with Gasteiger partial charge in [-0.25, -0.2) is 0 Å². The van der Waals surface area contributed by atoms with Crippen LogP contribution in [0.3, 0.4) is 0 Å². The molecule has 1 N–H and O–H groups in total. The molecule has 0 aromatic heterocycles. The van der Waals surface area contributed by atoms with Crippen molar-refractivity contribution < 1.29 is 9.21 Å². The van der Waals surface area contributed by atoms with Gasteiger partial charge in [-0.15, -0.1) is 0 Å². The normalized spacial score (nSPS) is 10.2. The smallest absolute Gasteiger partial charge is 0.251 e. The summed E-state index contributed by atoms with van der Waals surface area (Å²) in [6.07, 6.45) is 3.22. The van der Waals surface area contributed by atoms with Gasteiger partial charge in [0.25, 0.3) is 5.91 Å². The standard InChI is InChI=1S/C10H9NO2/c1-11-10(12)8-4-7-2-3-13-6-9(7)5-8/h2-6H,1H3,(H,11,12). The zero-order valence-corrected chi connectivity index (χ0v) is 7.20. The van der Waals surface area contributed by atoms with Gasteiger partial charge in [0.15, 0.2) is 0 Å². The summed E-state index contributed by atoms with van der Waals surface area (Å²) < 4.78 is 4.99. The molecule has 0 atom stereocenters. The third kappa shape index (κ3) is 1.28. The highest BCUT2D eigenvalue weighted by Gasteiger charge is 2.10. The maximum atomic E-state index is 11.2. The van der Waals surface area contributed by atoms with Crippen LogP contribution in [0.25, 0.3) is 11.1 Å². The minimum atomic E-state index is -0.0730. The largest absolute Gasteiger partial charge is 0.472 e. The molecule has 0 fully saturated rings. The Hall–Kier alpha value is -1.77. The van der Waals surface area contributed by atoms with Crippen molar-refractivity contribution in [3.8, 4) is 11.1 Å². The van der Waals surface area contributed by atoms with Crippen molar-refractivity contribution in [1.82, 2.24) is 5.32 Å². The van der Waals surface area contributed by atoms with E-state index in [1.807, 2.05) is 12.1 Å². The fraction of sp³-hybridized carbons (Fsp3) is 0.100. The van der Waals surface area contributed by atoms with Crippen LogP contribution in [0.5, 0.6) is 0 Å². The van der Waals surface area contributed by atoms with Crippen LogP contribution in [-0.2, 0) is 0 Å². The highest BCUT2D eigenvalue weighted by atomic mass is 16.3. The van der Waals surface area contributed by atoms with E-state index in [0.29, 0.717) is 5.56 Å². The van der Waals surface area contributed by atoms with Crippen LogP contribution in [0.2, 0.25) is 0 Å². The molecule has 1 aliphatic carbocycles. The summed E-state index contributed by atoms with van der Waals surface area (Å²) in [4.78, 5) is 11.2. The van der Waals surface area contributed by atoms with E-state index in [-0.39, 0.29) is 5.91 Å². The fourth-order valence-electron chi connectivity index (χ4n) is 1.29. The Morgan fingerprint density at radius 3 is 2.85 bits per heavy atom. The summed E-state index contributed by atoms with van der Waals surface area (Å²) in [5.74, 6) is -0.0730. The average Bonchev–Trinajstić information content (AvgIpc) is 2.59. The number of carbonyl (C=O) groups is 1. The van der Waals surface area contributed by atoms with E-state index in [4.69, 9.17) is 4.42 Å². The van der Waals surface area contributed by atoms with Crippen LogP contribution in [0.15, 0.2) is 35.1 Å². The quantitative estimate of drug-likeness (QED) is 0.717. The van der Waals surface area contributed by atoms with Crippen LogP contribution in [0.4, 0.5) is 0 Å². The second-order valence-electron chi connectivity index (χ2n) is 2.79. The molecule has 1 amide bonds. The predicted molar refractivity (Wildman–Crippen MR) is 48.7 cm³/mol. The first-order chi connectivity index (χ1) is 6.31. The van der Waals surface area contributed by atoms with Crippen LogP contribution in [-0.4, -0.2) is 13.0 Å². The molecule has 0 saturated heterocycles. The van der Waals surface area contributed by atoms with Crippen LogP contribution < -0.4 is 5.32 Å². The van der Waals surface area contributed by atoms with Gasteiger partial charge in [0.2, 0.25) is 0 Å². The van der Waals surface area contributed by atoms with Crippen molar-refractivity contribution in [1.29, 1.82) is 0 Å². The molecule has 0 bridgehead atoms. The number of nitrogens with one attached hydrogen (secondary N) is 1. The summed E-state index contributed by atoms with van der Waals surface area (Å²) in [6, 6.07) is 5.48. The molecule has 66 valence electrons. The van der Waals surface area contributed by atoms with Crippen LogP contribution >= 0.6 is 0 Å². The highest BCUT2D eigenvalue weighted by Crippen LogP contribution is 2.25. The Morgan fingerprint density at radius 1 is 1.38 bits per heavy atom. The Balaban J connectivity index is 2.51. The number of hydrogen-bond acceptors (Lipinski definition) is 2. The second-order valence-corrected chi connectivity index (χ2v) is 2.79. The zero-order chi connectivity index (χ0) is 9.26. The molecule has 0 spiro atoms. The molecule has 0 saturated carbocycles. The monoisotopic (exact) mass is 175 g/mol. The van der Waals surface area contributed by atoms with Crippen molar-refractivity contribution in [2.75, 3.05) is 7.05 Å². The van der Waals surface area contributed by atoms with Crippen molar-refractivity contribution >= 4 is 5.91 Å². The lowest BCUT2D eigenvalue weighted by Gasteiger charge is -1.91. The Kier molecular flexibility index (Phi) is 1.77. The Bertz CT molecular complexity index is 375. The number of amides is 1. The molecule has 0 aromatic carbocycles. The average molecular weight is 175 g/mol. The SMILES string of the molecule is CNC(=O)c1cc2ccocc-2c1. The molecule has 1 aliphatic heterocycles. The highest BCUT2D eigenvalue weighted by molar-refractivity contribution is 5.97. The third-order valence-electron chi connectivity index (χ3n) is 1.97. The minimum Gasteiger partial charge on any atom is -0.472 e. The van der Waals surface area contributed by atoms with Gasteiger partial charge < -0.3 is 9.73 Å². The lowest BCUT2D eigenvalue weighted by Crippen LogP contribution is -2.16. The molecule has 0 radical (unpaired) electrons. The van der Waals surface area contributed by atoms with E-state index < -0.39 is 0 Å². The van der Waals surface area contributed by atoms with E-state index >= 15 is 0 Å². The summed E-state index contributed by atoms with van der Waals surface area (Å²) in [6.45, 7) is 0. The fourth-order valence-corrected chi connectivity index (χ4v) is 1.29. The van der Waals surface area contributed by atoms with Crippen molar-refractivity contribution in [3.05, 3.63) is 36.3 Å². The van der Waals surface area contributed by atoms with Crippen LogP contribution in [0, 0.1) is 0 Å². The van der Waals surface area contributed by atoms with Crippen molar-refractivity contribution in [2.45, 2.75) is 0 Å². The summed E-state index contributed by atoms with van der Waals surface area (Å²) >= 11 is 0. The van der Waals surface area contributed by atoms with Crippen molar-refractivity contribution in [2.24, 2.45) is 0 Å². The minimum absolute atomic E-state index is 0.0730. The molecule has 2 rings (SSSR count). The van der Waals surface area contributed by atoms with Gasteiger partial charge in [0.05, 0.1) is 12.5 Å². The van der Waals surface area contributed by atoms with Gasteiger partial charge in [-0.2, -0.15) is 0 Å². The van der Waals surface area contributed by atoms with Gasteiger partial charge in [0, 0.05) is 18.2 Å². The van der Waals surface area contributed by atoms with Gasteiger partial charge in [-0.3, -0.25) is 4.79 Å². The first kappa shape index (κ1) is 7.86. The van der Waals surface area contributed by atoms with Crippen LogP contribution in [0.1, 0.15) is 10.4 Å². The van der Waals surface area contributed by atoms with Crippen molar-refractivity contribution in [3.63, 3.8) is 0 Å². The molecule has 1 heterocycles. The van der Waals surface area contributed by atoms with E-state index in [9.17, 15) is 4.79 Å². The lowest BCUT2D eigenvalue weighted by molar-refractivity contribution is 0.0963. The predicted octanol–water partition coefficient (Wildman–Crippen LogP) is 1.74. The topological polar surface area (TPSA) is 42.2 Å². The van der Waals surface area contributed by atoms with Gasteiger partial charge >= 0.3 is 0 Å². The first-order valence-electron chi connectivity index (χ1n) is 3.99. The van der Waals surface area contributed by atoms with E-state index in [0.717, 1.165) is 11.1 Å². The molecular formula is C10H9NO2. The van der Waals surface area contributed by atoms with Gasteiger partial charge in [0.1, 0.15) is 0 Å². The molecule has 0 aromatic rings. The molecule has 13 heavy (non-hydrogen) atoms. The molecule has 3 heteroatoms. The molecule has 0 unspecified atom stereocenters. The van der Waals surface area contributed by atoms with E-state index in [2.05, 4.69) is 5.32 Å². The second kappa shape index (κ2) is 2.94. The number of carbonyl (C=O) groups excluding carboxylic acids is 1. The summed E-state index contributed by atoms with van der Waals surface area (Å²) in [5, 5.41) is 2.57. The Morgan fingerprint density at radius 2 is 2.15 bits per heavy atom. The lowest BCUT2D eigenvalue weighted by atomic mass is 10.2. The Labute approximate surface area is 75.7 Å². The number of hydrogen-bond donors (Lipinski definition) is 1. The number of fused-ring (bicyclic) bond motifs is 1. The molecule has 3 nitrogen and oxygen atoms in total. The maximum Gasteiger partial charge on any atom is 0.251 e. The molecular weight excluding hydrogens is 166 g/mol. The molecule has 2 aliphatic rings.